The van der Waals surface area contributed by atoms with Crippen molar-refractivity contribution in [1.29, 1.82) is 0 Å². The van der Waals surface area contributed by atoms with Crippen LogP contribution in [0.1, 0.15) is 30.9 Å². The summed E-state index contributed by atoms with van der Waals surface area (Å²) in [4.78, 5) is 11.3. The Morgan fingerprint density at radius 2 is 2.06 bits per heavy atom. The molecule has 0 heterocycles. The van der Waals surface area contributed by atoms with Gasteiger partial charge in [0.2, 0.25) is 0 Å². The zero-order valence-corrected chi connectivity index (χ0v) is 9.67. The fourth-order valence-electron chi connectivity index (χ4n) is 3.08. The minimum absolute atomic E-state index is 0.404. The van der Waals surface area contributed by atoms with Gasteiger partial charge in [0.05, 0.1) is 0 Å². The molecule has 0 amide bonds. The third kappa shape index (κ3) is 2.07. The number of fused-ring (bicyclic) bond motifs is 1. The van der Waals surface area contributed by atoms with Gasteiger partial charge in [0.1, 0.15) is 6.04 Å². The van der Waals surface area contributed by atoms with Crippen LogP contribution >= 0.6 is 0 Å². The maximum Gasteiger partial charge on any atom is 0.325 e. The van der Waals surface area contributed by atoms with E-state index >= 15 is 0 Å². The normalized spacial score (nSPS) is 31.9. The summed E-state index contributed by atoms with van der Waals surface area (Å²) in [6, 6.07) is 9.30. The van der Waals surface area contributed by atoms with Crippen molar-refractivity contribution in [1.82, 2.24) is 5.32 Å². The van der Waals surface area contributed by atoms with Crippen LogP contribution < -0.4 is 5.32 Å². The topological polar surface area (TPSA) is 49.3 Å². The highest BCUT2D eigenvalue weighted by Crippen LogP contribution is 2.52. The molecule has 3 rings (SSSR count). The number of rotatable bonds is 4. The number of carbonyl (C=O) groups is 1. The summed E-state index contributed by atoms with van der Waals surface area (Å²) in [6.07, 6.45) is 3.69. The summed E-state index contributed by atoms with van der Waals surface area (Å²) in [7, 11) is 0. The molecule has 4 atom stereocenters. The van der Waals surface area contributed by atoms with Crippen LogP contribution in [0.3, 0.4) is 0 Å². The summed E-state index contributed by atoms with van der Waals surface area (Å²) < 4.78 is 0. The fraction of sp³-hybridized carbons (Fsp3) is 0.500. The van der Waals surface area contributed by atoms with Gasteiger partial charge in [-0.25, -0.2) is 0 Å². The van der Waals surface area contributed by atoms with E-state index in [-0.39, 0.29) is 0 Å². The molecule has 2 fully saturated rings. The summed E-state index contributed by atoms with van der Waals surface area (Å²) >= 11 is 0. The maximum atomic E-state index is 11.3. The number of aliphatic carboxylic acids is 1. The van der Waals surface area contributed by atoms with E-state index < -0.39 is 12.0 Å². The fourth-order valence-corrected chi connectivity index (χ4v) is 3.08. The van der Waals surface area contributed by atoms with Crippen LogP contribution in [0.15, 0.2) is 30.3 Å². The first-order valence-corrected chi connectivity index (χ1v) is 6.29. The third-order valence-electron chi connectivity index (χ3n) is 4.10. The van der Waals surface area contributed by atoms with Crippen molar-refractivity contribution >= 4 is 5.97 Å². The van der Waals surface area contributed by atoms with Crippen molar-refractivity contribution in [2.45, 2.75) is 31.3 Å². The number of nitrogens with one attached hydrogen (secondary N) is 1. The van der Waals surface area contributed by atoms with Gasteiger partial charge in [-0.05, 0) is 36.7 Å². The highest BCUT2D eigenvalue weighted by Gasteiger charge is 2.48. The molecule has 2 aliphatic carbocycles. The highest BCUT2D eigenvalue weighted by atomic mass is 16.4. The second-order valence-corrected chi connectivity index (χ2v) is 5.19. The minimum Gasteiger partial charge on any atom is -0.480 e. The van der Waals surface area contributed by atoms with E-state index in [1.54, 1.807) is 0 Å². The Morgan fingerprint density at radius 1 is 1.29 bits per heavy atom. The monoisotopic (exact) mass is 231 g/mol. The average molecular weight is 231 g/mol. The van der Waals surface area contributed by atoms with Crippen molar-refractivity contribution in [3.8, 4) is 0 Å². The smallest absolute Gasteiger partial charge is 0.325 e. The first-order valence-electron chi connectivity index (χ1n) is 6.29. The molecule has 2 saturated carbocycles. The molecular formula is C14H17NO2. The van der Waals surface area contributed by atoms with Crippen LogP contribution in [0.2, 0.25) is 0 Å². The Bertz CT molecular complexity index is 417. The zero-order valence-electron chi connectivity index (χ0n) is 9.67. The van der Waals surface area contributed by atoms with Crippen LogP contribution in [-0.2, 0) is 4.79 Å². The lowest BCUT2D eigenvalue weighted by Gasteiger charge is -2.21. The van der Waals surface area contributed by atoms with E-state index in [0.717, 1.165) is 23.8 Å². The number of hydrogen-bond acceptors (Lipinski definition) is 2. The molecule has 90 valence electrons. The SMILES string of the molecule is O=C(O)C(NC1CCC2CC21)c1ccccc1. The molecule has 4 unspecified atom stereocenters. The van der Waals surface area contributed by atoms with E-state index in [1.165, 1.54) is 12.8 Å². The van der Waals surface area contributed by atoms with E-state index in [0.29, 0.717) is 6.04 Å². The van der Waals surface area contributed by atoms with Gasteiger partial charge in [-0.2, -0.15) is 0 Å². The van der Waals surface area contributed by atoms with Gasteiger partial charge >= 0.3 is 5.97 Å². The first kappa shape index (κ1) is 10.8. The van der Waals surface area contributed by atoms with Gasteiger partial charge in [-0.1, -0.05) is 30.3 Å². The molecule has 3 nitrogen and oxygen atoms in total. The van der Waals surface area contributed by atoms with Crippen LogP contribution in [0, 0.1) is 11.8 Å². The number of carboxylic acids is 1. The molecule has 0 bridgehead atoms. The van der Waals surface area contributed by atoms with Crippen molar-refractivity contribution in [3.63, 3.8) is 0 Å². The Hall–Kier alpha value is -1.35. The molecule has 1 aromatic rings. The quantitative estimate of drug-likeness (QED) is 0.835. The van der Waals surface area contributed by atoms with Crippen molar-refractivity contribution in [2.24, 2.45) is 11.8 Å². The van der Waals surface area contributed by atoms with Crippen LogP contribution in [0.4, 0.5) is 0 Å². The average Bonchev–Trinajstić information content (AvgIpc) is 3.02. The lowest BCUT2D eigenvalue weighted by Crippen LogP contribution is -2.37. The van der Waals surface area contributed by atoms with Crippen LogP contribution in [-0.4, -0.2) is 17.1 Å². The van der Waals surface area contributed by atoms with Gasteiger partial charge in [0.15, 0.2) is 0 Å². The summed E-state index contributed by atoms with van der Waals surface area (Å²) in [5.74, 6) is 0.832. The number of benzene rings is 1. The largest absolute Gasteiger partial charge is 0.480 e. The second-order valence-electron chi connectivity index (χ2n) is 5.19. The van der Waals surface area contributed by atoms with Gasteiger partial charge in [-0.15, -0.1) is 0 Å². The van der Waals surface area contributed by atoms with Gasteiger partial charge in [-0.3, -0.25) is 10.1 Å². The second kappa shape index (κ2) is 4.15. The highest BCUT2D eigenvalue weighted by molar-refractivity contribution is 5.75. The molecule has 2 N–H and O–H groups in total. The molecule has 3 heteroatoms. The van der Waals surface area contributed by atoms with Crippen molar-refractivity contribution in [2.75, 3.05) is 0 Å². The lowest BCUT2D eigenvalue weighted by molar-refractivity contribution is -0.140. The van der Waals surface area contributed by atoms with Crippen LogP contribution in [0.25, 0.3) is 0 Å². The zero-order chi connectivity index (χ0) is 11.8. The first-order chi connectivity index (χ1) is 8.25. The molecule has 17 heavy (non-hydrogen) atoms. The maximum absolute atomic E-state index is 11.3. The summed E-state index contributed by atoms with van der Waals surface area (Å²) in [5, 5.41) is 12.6. The third-order valence-corrected chi connectivity index (χ3v) is 4.10. The minimum atomic E-state index is -0.777. The number of hydrogen-bond donors (Lipinski definition) is 2. The van der Waals surface area contributed by atoms with Crippen LogP contribution in [0.5, 0.6) is 0 Å². The molecule has 2 aliphatic rings. The van der Waals surface area contributed by atoms with Crippen molar-refractivity contribution in [3.05, 3.63) is 35.9 Å². The standard InChI is InChI=1S/C14H17NO2/c16-14(17)13(9-4-2-1-3-5-9)15-12-7-6-10-8-11(10)12/h1-5,10-13,15H,6-8H2,(H,16,17). The predicted molar refractivity (Wildman–Crippen MR) is 64.6 cm³/mol. The molecule has 0 aromatic heterocycles. The molecule has 1 aromatic carbocycles. The predicted octanol–water partition coefficient (Wildman–Crippen LogP) is 2.20. The molecule has 0 saturated heterocycles. The summed E-state index contributed by atoms with van der Waals surface area (Å²) in [6.45, 7) is 0. The van der Waals surface area contributed by atoms with E-state index in [4.69, 9.17) is 0 Å². The van der Waals surface area contributed by atoms with E-state index in [2.05, 4.69) is 5.32 Å². The molecular weight excluding hydrogens is 214 g/mol. The van der Waals surface area contributed by atoms with E-state index in [1.807, 2.05) is 30.3 Å². The lowest BCUT2D eigenvalue weighted by atomic mass is 10.0. The summed E-state index contributed by atoms with van der Waals surface area (Å²) in [5.41, 5.74) is 0.851. The van der Waals surface area contributed by atoms with Gasteiger partial charge < -0.3 is 5.11 Å². The molecule has 0 spiro atoms. The van der Waals surface area contributed by atoms with Gasteiger partial charge in [0, 0.05) is 6.04 Å². The molecule has 0 aliphatic heterocycles. The number of carboxylic acid groups (broad SMARTS) is 1. The Morgan fingerprint density at radius 3 is 2.59 bits per heavy atom. The molecule has 0 radical (unpaired) electrons. The van der Waals surface area contributed by atoms with Gasteiger partial charge in [0.25, 0.3) is 0 Å². The Labute approximate surface area is 101 Å². The van der Waals surface area contributed by atoms with E-state index in [9.17, 15) is 9.90 Å². The Balaban J connectivity index is 1.74. The Kier molecular flexibility index (Phi) is 2.63. The van der Waals surface area contributed by atoms with Crippen molar-refractivity contribution < 1.29 is 9.90 Å².